The van der Waals surface area contributed by atoms with Gasteiger partial charge in [0.2, 0.25) is 0 Å². The minimum atomic E-state index is 0.648. The van der Waals surface area contributed by atoms with Crippen molar-refractivity contribution in [3.63, 3.8) is 0 Å². The molecule has 1 fully saturated rings. The summed E-state index contributed by atoms with van der Waals surface area (Å²) in [5, 5.41) is 4.95. The molecule has 1 aliphatic carbocycles. The summed E-state index contributed by atoms with van der Waals surface area (Å²) in [6, 6.07) is 11.4. The van der Waals surface area contributed by atoms with Gasteiger partial charge >= 0.3 is 0 Å². The molecule has 4 rings (SSSR count). The topological polar surface area (TPSA) is 41.7 Å². The van der Waals surface area contributed by atoms with Gasteiger partial charge in [0.05, 0.1) is 28.3 Å². The number of nitrogens with zero attached hydrogens (tertiary/aromatic N) is 2. The minimum Gasteiger partial charge on any atom is -0.493 e. The fourth-order valence-electron chi connectivity index (χ4n) is 2.48. The average molecular weight is 301 g/mol. The maximum atomic E-state index is 10.6. The van der Waals surface area contributed by atoms with E-state index in [0.29, 0.717) is 10.9 Å². The molecule has 0 aromatic heterocycles. The Hall–Kier alpha value is -2.07. The molecule has 4 nitrogen and oxygen atoms in total. The van der Waals surface area contributed by atoms with Crippen molar-refractivity contribution >= 4 is 23.0 Å². The molecule has 1 saturated carbocycles. The second-order valence-corrected chi connectivity index (χ2v) is 5.87. The van der Waals surface area contributed by atoms with Gasteiger partial charge < -0.3 is 4.74 Å². The molecule has 0 amide bonds. The van der Waals surface area contributed by atoms with Crippen LogP contribution in [0.5, 0.6) is 5.75 Å². The van der Waals surface area contributed by atoms with Gasteiger partial charge in [-0.05, 0) is 48.6 Å². The number of hydrogen-bond acceptors (Lipinski definition) is 3. The van der Waals surface area contributed by atoms with Crippen LogP contribution < -0.4 is 9.75 Å². The first-order valence-electron chi connectivity index (χ1n) is 6.97. The van der Waals surface area contributed by atoms with Crippen LogP contribution >= 0.6 is 11.6 Å². The standard InChI is InChI=1S/C16H13ClN2O2/c17-12-2-1-3-15(21-9-10-4-5-10)16(12)11-6-7-13-14(8-11)19(13)18-20/h1-3,6-8,10H,4-5,9H2. The van der Waals surface area contributed by atoms with Crippen molar-refractivity contribution < 1.29 is 4.74 Å². The Bertz CT molecular complexity index is 728. The van der Waals surface area contributed by atoms with Gasteiger partial charge in [-0.1, -0.05) is 23.7 Å². The van der Waals surface area contributed by atoms with Crippen LogP contribution in [-0.4, -0.2) is 6.61 Å². The first-order chi connectivity index (χ1) is 10.3. The highest BCUT2D eigenvalue weighted by atomic mass is 35.5. The molecule has 0 saturated heterocycles. The number of halogens is 1. The van der Waals surface area contributed by atoms with Crippen LogP contribution in [-0.2, 0) is 0 Å². The van der Waals surface area contributed by atoms with Crippen LogP contribution in [0, 0.1) is 10.8 Å². The SMILES string of the molecule is O=NN1c2ccc(-c3c(Cl)cccc3OCC3CC3)cc21. The number of anilines is 2. The molecule has 106 valence electrons. The van der Waals surface area contributed by atoms with Crippen LogP contribution in [0.2, 0.25) is 5.02 Å². The summed E-state index contributed by atoms with van der Waals surface area (Å²) < 4.78 is 5.92. The normalized spacial score (nSPS) is 15.6. The fraction of sp³-hybridized carbons (Fsp3) is 0.250. The zero-order valence-electron chi connectivity index (χ0n) is 11.3. The second-order valence-electron chi connectivity index (χ2n) is 5.46. The van der Waals surface area contributed by atoms with E-state index in [0.717, 1.165) is 34.9 Å². The first-order valence-corrected chi connectivity index (χ1v) is 7.35. The van der Waals surface area contributed by atoms with E-state index in [4.69, 9.17) is 16.3 Å². The minimum absolute atomic E-state index is 0.648. The molecule has 1 aliphatic heterocycles. The molecule has 0 N–H and O–H groups in total. The maximum absolute atomic E-state index is 10.6. The predicted octanol–water partition coefficient (Wildman–Crippen LogP) is 4.93. The van der Waals surface area contributed by atoms with Crippen LogP contribution in [0.25, 0.3) is 11.1 Å². The van der Waals surface area contributed by atoms with Gasteiger partial charge in [-0.3, -0.25) is 0 Å². The van der Waals surface area contributed by atoms with Crippen molar-refractivity contribution in [3.8, 4) is 16.9 Å². The highest BCUT2D eigenvalue weighted by Crippen LogP contribution is 2.51. The van der Waals surface area contributed by atoms with E-state index in [2.05, 4.69) is 5.29 Å². The lowest BCUT2D eigenvalue weighted by Gasteiger charge is -2.12. The van der Waals surface area contributed by atoms with Gasteiger partial charge in [0, 0.05) is 5.56 Å². The van der Waals surface area contributed by atoms with Crippen molar-refractivity contribution in [2.75, 3.05) is 11.6 Å². The number of rotatable bonds is 5. The molecular weight excluding hydrogens is 288 g/mol. The van der Waals surface area contributed by atoms with E-state index < -0.39 is 0 Å². The fourth-order valence-corrected chi connectivity index (χ4v) is 2.75. The summed E-state index contributed by atoms with van der Waals surface area (Å²) >= 11 is 6.36. The molecule has 0 atom stereocenters. The van der Waals surface area contributed by atoms with Gasteiger partial charge in [-0.15, -0.1) is 4.91 Å². The Balaban J connectivity index is 1.70. The lowest BCUT2D eigenvalue weighted by molar-refractivity contribution is 0.301. The molecule has 21 heavy (non-hydrogen) atoms. The molecule has 2 aromatic carbocycles. The highest BCUT2D eigenvalue weighted by molar-refractivity contribution is 6.33. The molecule has 1 heterocycles. The van der Waals surface area contributed by atoms with E-state index >= 15 is 0 Å². The van der Waals surface area contributed by atoms with Crippen molar-refractivity contribution in [1.29, 1.82) is 0 Å². The van der Waals surface area contributed by atoms with Gasteiger partial charge in [-0.2, -0.15) is 5.01 Å². The Labute approximate surface area is 127 Å². The lowest BCUT2D eigenvalue weighted by atomic mass is 10.0. The molecule has 2 aromatic rings. The summed E-state index contributed by atoms with van der Waals surface area (Å²) in [7, 11) is 0. The molecule has 0 bridgehead atoms. The molecular formula is C16H13ClN2O2. The van der Waals surface area contributed by atoms with Crippen molar-refractivity contribution in [1.82, 2.24) is 0 Å². The van der Waals surface area contributed by atoms with E-state index in [1.807, 2.05) is 36.4 Å². The number of benzene rings is 2. The molecule has 2 aliphatic rings. The molecule has 5 heteroatoms. The third kappa shape index (κ3) is 2.25. The summed E-state index contributed by atoms with van der Waals surface area (Å²) in [4.78, 5) is 10.6. The van der Waals surface area contributed by atoms with Gasteiger partial charge in [0.25, 0.3) is 0 Å². The summed E-state index contributed by atoms with van der Waals surface area (Å²) in [6.45, 7) is 0.736. The van der Waals surface area contributed by atoms with Crippen molar-refractivity contribution in [2.45, 2.75) is 12.8 Å². The quantitative estimate of drug-likeness (QED) is 0.581. The van der Waals surface area contributed by atoms with E-state index in [1.165, 1.54) is 17.9 Å². The van der Waals surface area contributed by atoms with E-state index in [1.54, 1.807) is 0 Å². The van der Waals surface area contributed by atoms with Gasteiger partial charge in [0.1, 0.15) is 5.75 Å². The van der Waals surface area contributed by atoms with E-state index in [-0.39, 0.29) is 0 Å². The molecule has 0 unspecified atom stereocenters. The summed E-state index contributed by atoms with van der Waals surface area (Å²) in [5.41, 5.74) is 3.49. The Morgan fingerprint density at radius 1 is 1.24 bits per heavy atom. The van der Waals surface area contributed by atoms with Crippen LogP contribution in [0.4, 0.5) is 11.4 Å². The predicted molar refractivity (Wildman–Crippen MR) is 83.0 cm³/mol. The maximum Gasteiger partial charge on any atom is 0.128 e. The zero-order valence-corrected chi connectivity index (χ0v) is 12.0. The molecule has 0 radical (unpaired) electrons. The van der Waals surface area contributed by atoms with Crippen molar-refractivity contribution in [3.05, 3.63) is 46.3 Å². The second kappa shape index (κ2) is 4.74. The third-order valence-corrected chi connectivity index (χ3v) is 4.21. The lowest BCUT2D eigenvalue weighted by Crippen LogP contribution is -2.00. The Morgan fingerprint density at radius 2 is 2.10 bits per heavy atom. The monoisotopic (exact) mass is 300 g/mol. The Kier molecular flexibility index (Phi) is 2.86. The van der Waals surface area contributed by atoms with Gasteiger partial charge in [-0.25, -0.2) is 0 Å². The number of hydrogen-bond donors (Lipinski definition) is 0. The van der Waals surface area contributed by atoms with Gasteiger partial charge in [0.15, 0.2) is 0 Å². The van der Waals surface area contributed by atoms with Crippen molar-refractivity contribution in [2.24, 2.45) is 11.2 Å². The molecule has 0 spiro atoms. The smallest absolute Gasteiger partial charge is 0.128 e. The number of nitroso groups, excluding NO2 is 1. The highest BCUT2D eigenvalue weighted by Gasteiger charge is 2.31. The summed E-state index contributed by atoms with van der Waals surface area (Å²) in [5.74, 6) is 1.47. The van der Waals surface area contributed by atoms with E-state index in [9.17, 15) is 4.91 Å². The number of fused-ring (bicyclic) bond motifs is 1. The average Bonchev–Trinajstić information content (AvgIpc) is 3.39. The zero-order chi connectivity index (χ0) is 14.4. The van der Waals surface area contributed by atoms with Crippen LogP contribution in [0.3, 0.4) is 0 Å². The van der Waals surface area contributed by atoms with Crippen LogP contribution in [0.1, 0.15) is 12.8 Å². The summed E-state index contributed by atoms with van der Waals surface area (Å²) in [6.07, 6.45) is 2.49. The largest absolute Gasteiger partial charge is 0.493 e. The Morgan fingerprint density at radius 3 is 2.86 bits per heavy atom. The third-order valence-electron chi connectivity index (χ3n) is 3.90. The first kappa shape index (κ1) is 12.7. The van der Waals surface area contributed by atoms with Crippen LogP contribution in [0.15, 0.2) is 41.7 Å². The number of ether oxygens (including phenoxy) is 1.